The molecule has 1 fully saturated rings. The van der Waals surface area contributed by atoms with Crippen LogP contribution in [0.4, 0.5) is 17.2 Å². The van der Waals surface area contributed by atoms with Gasteiger partial charge in [-0.3, -0.25) is 14.9 Å². The maximum absolute atomic E-state index is 12.9. The van der Waals surface area contributed by atoms with Gasteiger partial charge in [-0.1, -0.05) is 0 Å². The highest BCUT2D eigenvalue weighted by Gasteiger charge is 2.27. The number of benzene rings is 1. The summed E-state index contributed by atoms with van der Waals surface area (Å²) in [5.74, 6) is 0.797. The highest BCUT2D eigenvalue weighted by Crippen LogP contribution is 2.26. The molecule has 2 aromatic heterocycles. The number of non-ortho nitro benzene ring substituents is 1. The molecule has 1 saturated heterocycles. The Morgan fingerprint density at radius 3 is 2.73 bits per heavy atom. The number of aryl methyl sites for hydroxylation is 2. The lowest BCUT2D eigenvalue weighted by Gasteiger charge is -2.33. The molecule has 0 bridgehead atoms. The van der Waals surface area contributed by atoms with Crippen LogP contribution in [0.15, 0.2) is 36.7 Å². The van der Waals surface area contributed by atoms with Gasteiger partial charge in [-0.2, -0.15) is 10.4 Å². The van der Waals surface area contributed by atoms with Crippen molar-refractivity contribution in [1.82, 2.24) is 19.7 Å². The molecule has 168 valence electrons. The third-order valence-corrected chi connectivity index (χ3v) is 5.57. The van der Waals surface area contributed by atoms with Gasteiger partial charge in [-0.15, -0.1) is 0 Å². The van der Waals surface area contributed by atoms with Crippen LogP contribution in [0.5, 0.6) is 0 Å². The minimum atomic E-state index is -0.576. The Morgan fingerprint density at radius 1 is 1.24 bits per heavy atom. The fourth-order valence-electron chi connectivity index (χ4n) is 3.97. The number of carbonyl (C=O) groups excluding carboxylic acids is 1. The summed E-state index contributed by atoms with van der Waals surface area (Å²) >= 11 is 0. The number of nitriles is 1. The predicted molar refractivity (Wildman–Crippen MR) is 120 cm³/mol. The van der Waals surface area contributed by atoms with Crippen LogP contribution in [0.2, 0.25) is 0 Å². The number of hydrogen-bond donors (Lipinski definition) is 1. The summed E-state index contributed by atoms with van der Waals surface area (Å²) in [4.78, 5) is 34.1. The van der Waals surface area contributed by atoms with E-state index < -0.39 is 4.92 Å². The summed E-state index contributed by atoms with van der Waals surface area (Å²) < 4.78 is 1.76. The third-order valence-electron chi connectivity index (χ3n) is 5.57. The highest BCUT2D eigenvalue weighted by molar-refractivity contribution is 5.94. The van der Waals surface area contributed by atoms with Crippen molar-refractivity contribution >= 4 is 23.1 Å². The maximum Gasteiger partial charge on any atom is 0.270 e. The molecule has 0 spiro atoms. The van der Waals surface area contributed by atoms with E-state index in [2.05, 4.69) is 20.4 Å². The van der Waals surface area contributed by atoms with Gasteiger partial charge in [-0.05, 0) is 38.8 Å². The molecule has 1 atom stereocenters. The zero-order valence-corrected chi connectivity index (χ0v) is 18.2. The van der Waals surface area contributed by atoms with Gasteiger partial charge in [0.15, 0.2) is 5.82 Å². The Morgan fingerprint density at radius 2 is 2.03 bits per heavy atom. The van der Waals surface area contributed by atoms with Crippen molar-refractivity contribution in [3.63, 3.8) is 0 Å². The van der Waals surface area contributed by atoms with Gasteiger partial charge in [0.25, 0.3) is 5.69 Å². The first-order valence-corrected chi connectivity index (χ1v) is 10.5. The smallest absolute Gasteiger partial charge is 0.270 e. The summed E-state index contributed by atoms with van der Waals surface area (Å²) in [6.07, 6.45) is 2.97. The van der Waals surface area contributed by atoms with E-state index in [1.807, 2.05) is 36.9 Å². The first kappa shape index (κ1) is 21.9. The molecule has 0 aliphatic carbocycles. The van der Waals surface area contributed by atoms with Crippen LogP contribution < -0.4 is 10.2 Å². The molecule has 1 amide bonds. The zero-order chi connectivity index (χ0) is 23.5. The van der Waals surface area contributed by atoms with Gasteiger partial charge in [0, 0.05) is 37.0 Å². The molecule has 11 nitrogen and oxygen atoms in total. The van der Waals surface area contributed by atoms with Gasteiger partial charge in [0.2, 0.25) is 5.91 Å². The Hall–Kier alpha value is -4.33. The monoisotopic (exact) mass is 446 g/mol. The summed E-state index contributed by atoms with van der Waals surface area (Å²) in [7, 11) is 0. The lowest BCUT2D eigenvalue weighted by molar-refractivity contribution is -0.384. The predicted octanol–water partition coefficient (Wildman–Crippen LogP) is 2.91. The van der Waals surface area contributed by atoms with Crippen molar-refractivity contribution in [1.29, 1.82) is 5.26 Å². The number of piperidine rings is 1. The SMILES string of the molecule is Cc1cc(C)n(-c2cc(N3CCCC(C(=O)Nc4ccc([N+](=O)[O-])cc4C#N)C3)ncn2)n1. The van der Waals surface area contributed by atoms with Crippen molar-refractivity contribution in [2.45, 2.75) is 26.7 Å². The summed E-state index contributed by atoms with van der Waals surface area (Å²) in [5, 5.41) is 27.5. The Bertz CT molecular complexity index is 1260. The number of nitrogens with zero attached hydrogens (tertiary/aromatic N) is 7. The summed E-state index contributed by atoms with van der Waals surface area (Å²) in [6, 6.07) is 9.54. The van der Waals surface area contributed by atoms with E-state index in [0.717, 1.165) is 30.4 Å². The fraction of sp³-hybridized carbons (Fsp3) is 0.318. The number of rotatable bonds is 5. The number of carbonyl (C=O) groups is 1. The molecule has 3 heterocycles. The first-order chi connectivity index (χ1) is 15.9. The number of nitrogens with one attached hydrogen (secondary N) is 1. The van der Waals surface area contributed by atoms with Crippen molar-refractivity contribution in [2.24, 2.45) is 5.92 Å². The maximum atomic E-state index is 12.9. The number of hydrogen-bond acceptors (Lipinski definition) is 8. The largest absolute Gasteiger partial charge is 0.356 e. The second-order valence-corrected chi connectivity index (χ2v) is 7.95. The number of nitro benzene ring substituents is 1. The number of aromatic nitrogens is 4. The summed E-state index contributed by atoms with van der Waals surface area (Å²) in [6.45, 7) is 5.07. The topological polar surface area (TPSA) is 143 Å². The van der Waals surface area contributed by atoms with Crippen LogP contribution in [0, 0.1) is 41.2 Å². The normalized spacial score (nSPS) is 15.7. The molecule has 1 aliphatic heterocycles. The lowest BCUT2D eigenvalue weighted by Crippen LogP contribution is -2.41. The highest BCUT2D eigenvalue weighted by atomic mass is 16.6. The molecule has 11 heteroatoms. The molecule has 1 unspecified atom stereocenters. The summed E-state index contributed by atoms with van der Waals surface area (Å²) in [5.41, 5.74) is 1.97. The molecule has 1 aliphatic rings. The van der Waals surface area contributed by atoms with E-state index in [9.17, 15) is 20.2 Å². The zero-order valence-electron chi connectivity index (χ0n) is 18.2. The van der Waals surface area contributed by atoms with Crippen molar-refractivity contribution < 1.29 is 9.72 Å². The third kappa shape index (κ3) is 4.64. The molecule has 1 N–H and O–H groups in total. The van der Waals surface area contributed by atoms with E-state index in [1.54, 1.807) is 4.68 Å². The second kappa shape index (κ2) is 9.04. The molecule has 0 saturated carbocycles. The van der Waals surface area contributed by atoms with Gasteiger partial charge >= 0.3 is 0 Å². The van der Waals surface area contributed by atoms with Crippen molar-refractivity contribution in [3.05, 3.63) is 63.7 Å². The number of amides is 1. The standard InChI is InChI=1S/C22H22N8O3/c1-14-8-15(2)29(27-14)21-10-20(24-13-25-21)28-7-3-4-16(12-28)22(31)26-19-6-5-18(30(32)33)9-17(19)11-23/h5-6,8-10,13,16H,3-4,7,12H2,1-2H3,(H,26,31). The van der Waals surface area contributed by atoms with Crippen LogP contribution in [-0.4, -0.2) is 43.7 Å². The Balaban J connectivity index is 1.50. The van der Waals surface area contributed by atoms with E-state index in [4.69, 9.17) is 0 Å². The first-order valence-electron chi connectivity index (χ1n) is 10.5. The van der Waals surface area contributed by atoms with E-state index >= 15 is 0 Å². The quantitative estimate of drug-likeness (QED) is 0.465. The average molecular weight is 446 g/mol. The number of anilines is 2. The van der Waals surface area contributed by atoms with Crippen LogP contribution in [0.3, 0.4) is 0 Å². The molecule has 4 rings (SSSR count). The van der Waals surface area contributed by atoms with Crippen LogP contribution in [0.25, 0.3) is 5.82 Å². The van der Waals surface area contributed by atoms with E-state index in [0.29, 0.717) is 24.6 Å². The van der Waals surface area contributed by atoms with Gasteiger partial charge in [0.1, 0.15) is 18.2 Å². The second-order valence-electron chi connectivity index (χ2n) is 7.95. The van der Waals surface area contributed by atoms with Gasteiger partial charge < -0.3 is 10.2 Å². The van der Waals surface area contributed by atoms with Crippen molar-refractivity contribution in [3.8, 4) is 11.9 Å². The average Bonchev–Trinajstić information content (AvgIpc) is 3.17. The molecule has 1 aromatic carbocycles. The fourth-order valence-corrected chi connectivity index (χ4v) is 3.97. The molecule has 0 radical (unpaired) electrons. The van der Waals surface area contributed by atoms with Gasteiger partial charge in [-0.25, -0.2) is 14.6 Å². The minimum absolute atomic E-state index is 0.0514. The molecular weight excluding hydrogens is 424 g/mol. The molecule has 33 heavy (non-hydrogen) atoms. The molecule has 3 aromatic rings. The van der Waals surface area contributed by atoms with Crippen LogP contribution in [0.1, 0.15) is 29.8 Å². The van der Waals surface area contributed by atoms with Crippen LogP contribution >= 0.6 is 0 Å². The van der Waals surface area contributed by atoms with Crippen molar-refractivity contribution in [2.75, 3.05) is 23.3 Å². The number of nitro groups is 1. The minimum Gasteiger partial charge on any atom is -0.356 e. The Kier molecular flexibility index (Phi) is 5.99. The molecular formula is C22H22N8O3. The Labute approximate surface area is 189 Å². The van der Waals surface area contributed by atoms with Crippen LogP contribution in [-0.2, 0) is 4.79 Å². The van der Waals surface area contributed by atoms with E-state index in [1.165, 1.54) is 18.5 Å². The van der Waals surface area contributed by atoms with E-state index in [-0.39, 0.29) is 28.8 Å². The lowest BCUT2D eigenvalue weighted by atomic mass is 9.96. The van der Waals surface area contributed by atoms with Gasteiger partial charge in [0.05, 0.1) is 27.8 Å².